The normalized spacial score (nSPS) is 10.2. The number of H-pyrrole nitrogens is 1. The van der Waals surface area contributed by atoms with E-state index in [1.165, 1.54) is 4.90 Å². The van der Waals surface area contributed by atoms with Crippen LogP contribution in [-0.2, 0) is 0 Å². The zero-order valence-corrected chi connectivity index (χ0v) is 12.4. The molecule has 2 amide bonds. The first-order valence-electron chi connectivity index (χ1n) is 6.71. The van der Waals surface area contributed by atoms with Crippen molar-refractivity contribution in [2.75, 3.05) is 18.4 Å². The van der Waals surface area contributed by atoms with E-state index in [0.29, 0.717) is 18.8 Å². The molecular formula is C14H20N4O3. The molecule has 0 bridgehead atoms. The van der Waals surface area contributed by atoms with E-state index in [1.807, 2.05) is 19.9 Å². The van der Waals surface area contributed by atoms with Gasteiger partial charge in [-0.3, -0.25) is 0 Å². The van der Waals surface area contributed by atoms with Crippen LogP contribution in [0.25, 0.3) is 0 Å². The molecule has 114 valence electrons. The minimum atomic E-state index is -1.13. The smallest absolute Gasteiger partial charge is 0.354 e. The predicted octanol–water partition coefficient (Wildman–Crippen LogP) is 2.42. The maximum atomic E-state index is 12.2. The SMILES string of the molecule is Cc1cc(NC(=O)N(CCC#N)CC(C)C)c(C(=O)O)[nH]1. The van der Waals surface area contributed by atoms with E-state index in [2.05, 4.69) is 10.3 Å². The molecule has 21 heavy (non-hydrogen) atoms. The Kier molecular flexibility index (Phi) is 5.79. The average Bonchev–Trinajstić information content (AvgIpc) is 2.75. The number of aromatic nitrogens is 1. The largest absolute Gasteiger partial charge is 0.477 e. The summed E-state index contributed by atoms with van der Waals surface area (Å²) < 4.78 is 0. The van der Waals surface area contributed by atoms with Crippen LogP contribution in [0.1, 0.15) is 36.5 Å². The van der Waals surface area contributed by atoms with Crippen LogP contribution in [0.2, 0.25) is 0 Å². The van der Waals surface area contributed by atoms with Crippen molar-refractivity contribution in [1.82, 2.24) is 9.88 Å². The molecule has 0 aliphatic heterocycles. The van der Waals surface area contributed by atoms with Gasteiger partial charge in [-0.25, -0.2) is 9.59 Å². The van der Waals surface area contributed by atoms with Gasteiger partial charge in [0.15, 0.2) is 0 Å². The number of aromatic amines is 1. The molecule has 0 aliphatic rings. The molecule has 0 atom stereocenters. The Labute approximate surface area is 123 Å². The molecule has 0 aromatic carbocycles. The number of carboxylic acid groups (broad SMARTS) is 1. The van der Waals surface area contributed by atoms with E-state index in [4.69, 9.17) is 10.4 Å². The number of rotatable bonds is 6. The van der Waals surface area contributed by atoms with Gasteiger partial charge in [-0.2, -0.15) is 5.26 Å². The highest BCUT2D eigenvalue weighted by atomic mass is 16.4. The van der Waals surface area contributed by atoms with Crippen molar-refractivity contribution in [3.05, 3.63) is 17.5 Å². The number of aryl methyl sites for hydroxylation is 1. The first-order valence-corrected chi connectivity index (χ1v) is 6.71. The van der Waals surface area contributed by atoms with Crippen LogP contribution in [0.3, 0.4) is 0 Å². The number of nitrogens with zero attached hydrogens (tertiary/aromatic N) is 2. The monoisotopic (exact) mass is 292 g/mol. The van der Waals surface area contributed by atoms with Crippen LogP contribution in [0.4, 0.5) is 10.5 Å². The number of nitriles is 1. The van der Waals surface area contributed by atoms with Gasteiger partial charge in [0.1, 0.15) is 5.69 Å². The van der Waals surface area contributed by atoms with E-state index in [9.17, 15) is 9.59 Å². The molecule has 0 radical (unpaired) electrons. The number of carbonyl (C=O) groups is 2. The van der Waals surface area contributed by atoms with E-state index >= 15 is 0 Å². The Hall–Kier alpha value is -2.49. The molecule has 0 aliphatic carbocycles. The van der Waals surface area contributed by atoms with Gasteiger partial charge in [0.25, 0.3) is 0 Å². The average molecular weight is 292 g/mol. The van der Waals surface area contributed by atoms with Crippen LogP contribution in [0, 0.1) is 24.2 Å². The summed E-state index contributed by atoms with van der Waals surface area (Å²) in [4.78, 5) is 27.5. The Bertz CT molecular complexity index is 557. The second kappa shape index (κ2) is 7.33. The third-order valence-corrected chi connectivity index (χ3v) is 2.77. The number of amides is 2. The van der Waals surface area contributed by atoms with E-state index in [-0.39, 0.29) is 23.7 Å². The Morgan fingerprint density at radius 1 is 1.52 bits per heavy atom. The summed E-state index contributed by atoms with van der Waals surface area (Å²) in [6, 6.07) is 3.17. The van der Waals surface area contributed by atoms with Gasteiger partial charge in [-0.05, 0) is 18.9 Å². The molecule has 0 fully saturated rings. The lowest BCUT2D eigenvalue weighted by Gasteiger charge is -2.23. The van der Waals surface area contributed by atoms with Gasteiger partial charge in [0, 0.05) is 18.8 Å². The first kappa shape index (κ1) is 16.6. The number of hydrogen-bond acceptors (Lipinski definition) is 3. The van der Waals surface area contributed by atoms with Gasteiger partial charge in [0.2, 0.25) is 0 Å². The third-order valence-electron chi connectivity index (χ3n) is 2.77. The van der Waals surface area contributed by atoms with Gasteiger partial charge in [-0.15, -0.1) is 0 Å². The molecule has 1 heterocycles. The van der Waals surface area contributed by atoms with Gasteiger partial charge in [0.05, 0.1) is 18.2 Å². The summed E-state index contributed by atoms with van der Waals surface area (Å²) in [6.45, 7) is 6.46. The van der Waals surface area contributed by atoms with Crippen molar-refractivity contribution in [1.29, 1.82) is 5.26 Å². The number of hydrogen-bond donors (Lipinski definition) is 3. The minimum absolute atomic E-state index is 0.0503. The van der Waals surface area contributed by atoms with Crippen LogP contribution in [-0.4, -0.2) is 40.1 Å². The van der Waals surface area contributed by atoms with Gasteiger partial charge >= 0.3 is 12.0 Å². The molecule has 0 saturated heterocycles. The van der Waals surface area contributed by atoms with Crippen LogP contribution in [0.5, 0.6) is 0 Å². The third kappa shape index (κ3) is 4.84. The zero-order valence-electron chi connectivity index (χ0n) is 12.4. The van der Waals surface area contributed by atoms with E-state index in [0.717, 1.165) is 0 Å². The molecule has 1 aromatic heterocycles. The summed E-state index contributed by atoms with van der Waals surface area (Å²) in [5, 5.41) is 20.3. The molecule has 3 N–H and O–H groups in total. The molecule has 1 aromatic rings. The molecule has 0 saturated carbocycles. The van der Waals surface area contributed by atoms with Crippen molar-refractivity contribution in [2.24, 2.45) is 5.92 Å². The van der Waals surface area contributed by atoms with Crippen molar-refractivity contribution < 1.29 is 14.7 Å². The highest BCUT2D eigenvalue weighted by Crippen LogP contribution is 2.17. The Balaban J connectivity index is 2.85. The van der Waals surface area contributed by atoms with E-state index < -0.39 is 12.0 Å². The number of carbonyl (C=O) groups excluding carboxylic acids is 1. The summed E-state index contributed by atoms with van der Waals surface area (Å²) in [7, 11) is 0. The van der Waals surface area contributed by atoms with Gasteiger partial charge < -0.3 is 20.3 Å². The Morgan fingerprint density at radius 3 is 2.71 bits per heavy atom. The molecule has 0 spiro atoms. The van der Waals surface area contributed by atoms with Crippen molar-refractivity contribution >= 4 is 17.7 Å². The summed E-state index contributed by atoms with van der Waals surface area (Å²) in [6.07, 6.45) is 0.234. The first-order chi connectivity index (χ1) is 9.85. The lowest BCUT2D eigenvalue weighted by Crippen LogP contribution is -2.38. The maximum absolute atomic E-state index is 12.2. The lowest BCUT2D eigenvalue weighted by molar-refractivity contribution is 0.0692. The highest BCUT2D eigenvalue weighted by molar-refractivity contribution is 5.99. The number of nitrogens with one attached hydrogen (secondary N) is 2. The molecular weight excluding hydrogens is 272 g/mol. The fourth-order valence-electron chi connectivity index (χ4n) is 1.95. The molecule has 7 nitrogen and oxygen atoms in total. The molecule has 7 heteroatoms. The van der Waals surface area contributed by atoms with Crippen molar-refractivity contribution in [3.63, 3.8) is 0 Å². The Morgan fingerprint density at radius 2 is 2.19 bits per heavy atom. The molecule has 1 rings (SSSR count). The standard InChI is InChI=1S/C14H20N4O3/c1-9(2)8-18(6-4-5-15)14(21)17-11-7-10(3)16-12(11)13(19)20/h7,9,16H,4,6,8H2,1-3H3,(H,17,21)(H,19,20). The summed E-state index contributed by atoms with van der Waals surface area (Å²) in [5.41, 5.74) is 0.830. The lowest BCUT2D eigenvalue weighted by atomic mass is 10.2. The van der Waals surface area contributed by atoms with Crippen LogP contribution >= 0.6 is 0 Å². The van der Waals surface area contributed by atoms with E-state index in [1.54, 1.807) is 13.0 Å². The highest BCUT2D eigenvalue weighted by Gasteiger charge is 2.19. The predicted molar refractivity (Wildman–Crippen MR) is 78.1 cm³/mol. The zero-order chi connectivity index (χ0) is 16.0. The maximum Gasteiger partial charge on any atom is 0.354 e. The fraction of sp³-hybridized carbons (Fsp3) is 0.500. The number of urea groups is 1. The second-order valence-electron chi connectivity index (χ2n) is 5.22. The van der Waals surface area contributed by atoms with Gasteiger partial charge in [-0.1, -0.05) is 13.8 Å². The van der Waals surface area contributed by atoms with Crippen molar-refractivity contribution in [2.45, 2.75) is 27.2 Å². The fourth-order valence-corrected chi connectivity index (χ4v) is 1.95. The number of aromatic carboxylic acids is 1. The number of anilines is 1. The topological polar surface area (TPSA) is 109 Å². The van der Waals surface area contributed by atoms with Crippen molar-refractivity contribution in [3.8, 4) is 6.07 Å². The number of carboxylic acids is 1. The van der Waals surface area contributed by atoms with Crippen LogP contribution in [0.15, 0.2) is 6.07 Å². The summed E-state index contributed by atoms with van der Waals surface area (Å²) in [5.74, 6) is -0.882. The minimum Gasteiger partial charge on any atom is -0.477 e. The summed E-state index contributed by atoms with van der Waals surface area (Å²) >= 11 is 0. The molecule has 0 unspecified atom stereocenters. The second-order valence-corrected chi connectivity index (χ2v) is 5.22. The quantitative estimate of drug-likeness (QED) is 0.748. The van der Waals surface area contributed by atoms with Crippen LogP contribution < -0.4 is 5.32 Å².